The fraction of sp³-hybridized carbons (Fsp3) is 0.158. The van der Waals surface area contributed by atoms with Crippen molar-refractivity contribution in [3.63, 3.8) is 0 Å². The van der Waals surface area contributed by atoms with Crippen molar-refractivity contribution in [1.29, 1.82) is 0 Å². The molecule has 0 aliphatic rings. The van der Waals surface area contributed by atoms with Crippen LogP contribution in [-0.4, -0.2) is 23.1 Å². The molecule has 0 fully saturated rings. The lowest BCUT2D eigenvalue weighted by Crippen LogP contribution is -2.10. The van der Waals surface area contributed by atoms with E-state index in [0.29, 0.717) is 6.54 Å². The van der Waals surface area contributed by atoms with Crippen LogP contribution < -0.4 is 11.1 Å². The van der Waals surface area contributed by atoms with Gasteiger partial charge in [-0.15, -0.1) is 0 Å². The first-order valence-corrected chi connectivity index (χ1v) is 7.80. The van der Waals surface area contributed by atoms with Crippen molar-refractivity contribution in [3.8, 4) is 22.6 Å². The van der Waals surface area contributed by atoms with E-state index in [-0.39, 0.29) is 0 Å². The predicted molar refractivity (Wildman–Crippen MR) is 95.1 cm³/mol. The summed E-state index contributed by atoms with van der Waals surface area (Å²) in [6, 6.07) is 20.2. The summed E-state index contributed by atoms with van der Waals surface area (Å²) in [6.07, 6.45) is 2.77. The van der Waals surface area contributed by atoms with Gasteiger partial charge in [-0.2, -0.15) is 0 Å². The number of hydrogen-bond acceptors (Lipinski definition) is 4. The molecule has 0 atom stereocenters. The zero-order valence-electron chi connectivity index (χ0n) is 12.9. The van der Waals surface area contributed by atoms with Crippen LogP contribution in [0.4, 0.5) is 5.69 Å². The predicted octanol–water partition coefficient (Wildman–Crippen LogP) is 3.57. The van der Waals surface area contributed by atoms with E-state index in [1.165, 1.54) is 0 Å². The van der Waals surface area contributed by atoms with Crippen LogP contribution >= 0.6 is 0 Å². The third kappa shape index (κ3) is 3.73. The number of nitrogens with two attached hydrogens (primary N) is 1. The summed E-state index contributed by atoms with van der Waals surface area (Å²) in [6.45, 7) is 1.47. The molecule has 3 N–H and O–H groups in total. The second kappa shape index (κ2) is 7.51. The molecule has 0 aliphatic carbocycles. The summed E-state index contributed by atoms with van der Waals surface area (Å²) in [5, 5.41) is 3.39. The average Bonchev–Trinajstić information content (AvgIpc) is 2.63. The molecule has 1 heterocycles. The molecular formula is C19H20N4. The van der Waals surface area contributed by atoms with E-state index in [2.05, 4.69) is 22.4 Å². The van der Waals surface area contributed by atoms with Gasteiger partial charge in [-0.1, -0.05) is 60.7 Å². The highest BCUT2D eigenvalue weighted by molar-refractivity contribution is 5.75. The van der Waals surface area contributed by atoms with Crippen LogP contribution in [0.25, 0.3) is 22.6 Å². The Hall–Kier alpha value is -2.72. The minimum absolute atomic E-state index is 0.663. The van der Waals surface area contributed by atoms with Crippen LogP contribution in [0.1, 0.15) is 6.42 Å². The smallest absolute Gasteiger partial charge is 0.159 e. The zero-order chi connectivity index (χ0) is 15.9. The fourth-order valence-electron chi connectivity index (χ4n) is 2.38. The molecule has 0 spiro atoms. The van der Waals surface area contributed by atoms with Crippen molar-refractivity contribution in [3.05, 3.63) is 66.9 Å². The quantitative estimate of drug-likeness (QED) is 0.683. The Bertz CT molecular complexity index is 742. The Labute approximate surface area is 136 Å². The van der Waals surface area contributed by atoms with Crippen LogP contribution in [0.15, 0.2) is 66.9 Å². The molecule has 2 aromatic carbocycles. The third-order valence-electron chi connectivity index (χ3n) is 3.56. The molecule has 0 radical (unpaired) electrons. The third-order valence-corrected chi connectivity index (χ3v) is 3.56. The first-order chi connectivity index (χ1) is 11.4. The van der Waals surface area contributed by atoms with Crippen LogP contribution in [-0.2, 0) is 0 Å². The van der Waals surface area contributed by atoms with Crippen molar-refractivity contribution in [2.75, 3.05) is 18.4 Å². The molecule has 0 amide bonds. The van der Waals surface area contributed by atoms with Gasteiger partial charge in [0, 0.05) is 17.7 Å². The molecule has 0 saturated heterocycles. The largest absolute Gasteiger partial charge is 0.382 e. The number of nitrogens with one attached hydrogen (secondary N) is 1. The van der Waals surface area contributed by atoms with E-state index < -0.39 is 0 Å². The topological polar surface area (TPSA) is 63.8 Å². The zero-order valence-corrected chi connectivity index (χ0v) is 12.9. The molecule has 0 saturated carbocycles. The highest BCUT2D eigenvalue weighted by Gasteiger charge is 2.10. The van der Waals surface area contributed by atoms with Gasteiger partial charge in [0.2, 0.25) is 0 Å². The van der Waals surface area contributed by atoms with Gasteiger partial charge in [0.1, 0.15) is 0 Å². The summed E-state index contributed by atoms with van der Waals surface area (Å²) >= 11 is 0. The average molecular weight is 304 g/mol. The molecule has 3 rings (SSSR count). The number of hydrogen-bond donors (Lipinski definition) is 2. The molecule has 0 unspecified atom stereocenters. The lowest BCUT2D eigenvalue weighted by atomic mass is 10.1. The summed E-state index contributed by atoms with van der Waals surface area (Å²) in [5.41, 5.74) is 9.50. The Morgan fingerprint density at radius 2 is 1.52 bits per heavy atom. The molecule has 1 aromatic heterocycles. The molecule has 3 aromatic rings. The molecule has 4 nitrogen and oxygen atoms in total. The van der Waals surface area contributed by atoms with Crippen LogP contribution in [0, 0.1) is 0 Å². The number of nitrogens with zero attached hydrogens (tertiary/aromatic N) is 2. The van der Waals surface area contributed by atoms with Crippen LogP contribution in [0.2, 0.25) is 0 Å². The van der Waals surface area contributed by atoms with Crippen molar-refractivity contribution < 1.29 is 0 Å². The van der Waals surface area contributed by atoms with Crippen LogP contribution in [0.3, 0.4) is 0 Å². The van der Waals surface area contributed by atoms with Crippen molar-refractivity contribution >= 4 is 5.69 Å². The Morgan fingerprint density at radius 1 is 0.870 bits per heavy atom. The minimum atomic E-state index is 0.663. The summed E-state index contributed by atoms with van der Waals surface area (Å²) in [4.78, 5) is 9.30. The molecule has 23 heavy (non-hydrogen) atoms. The minimum Gasteiger partial charge on any atom is -0.382 e. The lowest BCUT2D eigenvalue weighted by molar-refractivity contribution is 0.873. The van der Waals surface area contributed by atoms with Gasteiger partial charge in [-0.05, 0) is 13.0 Å². The Balaban J connectivity index is 2.00. The maximum atomic E-state index is 5.57. The number of benzene rings is 2. The van der Waals surface area contributed by atoms with E-state index in [1.807, 2.05) is 54.7 Å². The van der Waals surface area contributed by atoms with E-state index in [9.17, 15) is 0 Å². The van der Waals surface area contributed by atoms with E-state index in [0.717, 1.165) is 41.3 Å². The summed E-state index contributed by atoms with van der Waals surface area (Å²) in [7, 11) is 0. The maximum Gasteiger partial charge on any atom is 0.159 e. The number of anilines is 1. The van der Waals surface area contributed by atoms with Gasteiger partial charge in [0.05, 0.1) is 17.6 Å². The summed E-state index contributed by atoms with van der Waals surface area (Å²) in [5.74, 6) is 0.730. The van der Waals surface area contributed by atoms with E-state index in [4.69, 9.17) is 10.7 Å². The van der Waals surface area contributed by atoms with Gasteiger partial charge in [-0.3, -0.25) is 0 Å². The number of aromatic nitrogens is 2. The van der Waals surface area contributed by atoms with Crippen LogP contribution in [0.5, 0.6) is 0 Å². The van der Waals surface area contributed by atoms with E-state index in [1.54, 1.807) is 0 Å². The molecular weight excluding hydrogens is 284 g/mol. The van der Waals surface area contributed by atoms with E-state index >= 15 is 0 Å². The highest BCUT2D eigenvalue weighted by atomic mass is 15.0. The van der Waals surface area contributed by atoms with Crippen molar-refractivity contribution in [2.45, 2.75) is 6.42 Å². The first kappa shape index (κ1) is 15.2. The van der Waals surface area contributed by atoms with Crippen molar-refractivity contribution in [2.24, 2.45) is 5.73 Å². The lowest BCUT2D eigenvalue weighted by Gasteiger charge is -2.12. The standard InChI is InChI=1S/C19H20N4/c20-12-7-13-21-17-14-22-19(16-10-5-2-6-11-16)23-18(17)15-8-3-1-4-9-15/h1-6,8-11,14,21H,7,12-13,20H2. The molecule has 0 aliphatic heterocycles. The normalized spacial score (nSPS) is 10.5. The molecule has 4 heteroatoms. The fourth-order valence-corrected chi connectivity index (χ4v) is 2.38. The Kier molecular flexibility index (Phi) is 4.96. The molecule has 0 bridgehead atoms. The van der Waals surface area contributed by atoms with Gasteiger partial charge < -0.3 is 11.1 Å². The Morgan fingerprint density at radius 3 is 2.17 bits per heavy atom. The monoisotopic (exact) mass is 304 g/mol. The van der Waals surface area contributed by atoms with Gasteiger partial charge in [-0.25, -0.2) is 9.97 Å². The van der Waals surface area contributed by atoms with Gasteiger partial charge in [0.15, 0.2) is 5.82 Å². The second-order valence-corrected chi connectivity index (χ2v) is 5.26. The SMILES string of the molecule is NCCCNc1cnc(-c2ccccc2)nc1-c1ccccc1. The maximum absolute atomic E-state index is 5.57. The van der Waals surface area contributed by atoms with Gasteiger partial charge in [0.25, 0.3) is 0 Å². The van der Waals surface area contributed by atoms with Crippen molar-refractivity contribution in [1.82, 2.24) is 9.97 Å². The number of rotatable bonds is 6. The summed E-state index contributed by atoms with van der Waals surface area (Å²) < 4.78 is 0. The highest BCUT2D eigenvalue weighted by Crippen LogP contribution is 2.27. The first-order valence-electron chi connectivity index (χ1n) is 7.80. The van der Waals surface area contributed by atoms with Gasteiger partial charge >= 0.3 is 0 Å². The second-order valence-electron chi connectivity index (χ2n) is 5.26. The molecule has 116 valence electrons.